The molecule has 5 nitrogen and oxygen atoms in total. The van der Waals surface area contributed by atoms with Crippen LogP contribution in [0.25, 0.3) is 33.3 Å². The number of H-pyrrole nitrogens is 2. The number of fused-ring (bicyclic) bond motifs is 2. The van der Waals surface area contributed by atoms with Crippen LogP contribution in [0.3, 0.4) is 0 Å². The molecule has 2 aromatic carbocycles. The topological polar surface area (TPSA) is 87.6 Å². The molecule has 0 amide bonds. The molecule has 0 bridgehead atoms. The van der Waals surface area contributed by atoms with E-state index in [9.17, 15) is 18.0 Å². The number of nitrogen functional groups attached to an aromatic ring is 1. The number of alkyl halides is 3. The van der Waals surface area contributed by atoms with Crippen molar-refractivity contribution in [1.29, 1.82) is 0 Å². The van der Waals surface area contributed by atoms with Crippen molar-refractivity contribution < 1.29 is 13.2 Å². The Morgan fingerprint density at radius 3 is 2.52 bits per heavy atom. The normalized spacial score (nSPS) is 12.1. The van der Waals surface area contributed by atoms with Crippen LogP contribution in [-0.4, -0.2) is 15.0 Å². The smallest absolute Gasteiger partial charge is 0.397 e. The summed E-state index contributed by atoms with van der Waals surface area (Å²) in [6, 6.07) is 10.1. The molecule has 0 aliphatic heterocycles. The van der Waals surface area contributed by atoms with Crippen LogP contribution in [0.4, 0.5) is 18.9 Å². The number of nitrogens with two attached hydrogens (primary N) is 1. The average Bonchev–Trinajstić information content (AvgIpc) is 2.96. The molecule has 4 rings (SSSR count). The maximum atomic E-state index is 12.8. The molecule has 0 radical (unpaired) electrons. The van der Waals surface area contributed by atoms with Crippen molar-refractivity contribution in [3.8, 4) is 11.4 Å². The van der Waals surface area contributed by atoms with Gasteiger partial charge < -0.3 is 15.7 Å². The summed E-state index contributed by atoms with van der Waals surface area (Å²) >= 11 is 0. The number of hydrogen-bond donors (Lipinski definition) is 3. The summed E-state index contributed by atoms with van der Waals surface area (Å²) in [5.74, 6) is 0.124. The van der Waals surface area contributed by atoms with Gasteiger partial charge >= 0.3 is 6.18 Å². The minimum atomic E-state index is -4.46. The Hall–Kier alpha value is -3.29. The highest BCUT2D eigenvalue weighted by Crippen LogP contribution is 2.32. The number of imidazole rings is 1. The van der Waals surface area contributed by atoms with Crippen molar-refractivity contribution >= 4 is 27.6 Å². The van der Waals surface area contributed by atoms with Gasteiger partial charge in [0.2, 0.25) is 0 Å². The maximum Gasteiger partial charge on any atom is 0.416 e. The van der Waals surface area contributed by atoms with Crippen molar-refractivity contribution in [3.05, 3.63) is 58.4 Å². The van der Waals surface area contributed by atoms with Gasteiger partial charge in [-0.15, -0.1) is 0 Å². The highest BCUT2D eigenvalue weighted by Gasteiger charge is 2.30. The van der Waals surface area contributed by atoms with Crippen molar-refractivity contribution in [2.24, 2.45) is 0 Å². The molecule has 8 heteroatoms. The van der Waals surface area contributed by atoms with Gasteiger partial charge in [-0.2, -0.15) is 13.2 Å². The van der Waals surface area contributed by atoms with E-state index in [4.69, 9.17) is 5.73 Å². The molecule has 0 spiro atoms. The SMILES string of the molecule is Nc1c(-c2nc3ccc(C(F)(F)F)cc3[nH]2)c(=O)[nH]c2ccccc12. The van der Waals surface area contributed by atoms with Gasteiger partial charge in [0.15, 0.2) is 0 Å². The fourth-order valence-corrected chi connectivity index (χ4v) is 2.81. The van der Waals surface area contributed by atoms with Crippen molar-refractivity contribution in [2.75, 3.05) is 5.73 Å². The van der Waals surface area contributed by atoms with Crippen LogP contribution in [0, 0.1) is 0 Å². The lowest BCUT2D eigenvalue weighted by Gasteiger charge is -2.06. The highest BCUT2D eigenvalue weighted by molar-refractivity contribution is 5.97. The molecule has 0 unspecified atom stereocenters. The molecular weight excluding hydrogens is 333 g/mol. The second kappa shape index (κ2) is 5.10. The van der Waals surface area contributed by atoms with Gasteiger partial charge in [0, 0.05) is 5.39 Å². The lowest BCUT2D eigenvalue weighted by molar-refractivity contribution is -0.137. The third-order valence-electron chi connectivity index (χ3n) is 4.01. The summed E-state index contributed by atoms with van der Waals surface area (Å²) in [7, 11) is 0. The first-order valence-electron chi connectivity index (χ1n) is 7.32. The minimum Gasteiger partial charge on any atom is -0.397 e. The Bertz CT molecular complexity index is 1170. The number of anilines is 1. The van der Waals surface area contributed by atoms with Crippen LogP contribution >= 0.6 is 0 Å². The van der Waals surface area contributed by atoms with Crippen LogP contribution in [-0.2, 0) is 6.18 Å². The number of para-hydroxylation sites is 1. The van der Waals surface area contributed by atoms with Crippen LogP contribution in [0.5, 0.6) is 0 Å². The second-order valence-electron chi connectivity index (χ2n) is 5.60. The molecule has 4 aromatic rings. The summed E-state index contributed by atoms with van der Waals surface area (Å²) in [5, 5.41) is 0.633. The van der Waals surface area contributed by atoms with Gasteiger partial charge in [0.25, 0.3) is 5.56 Å². The molecule has 0 atom stereocenters. The highest BCUT2D eigenvalue weighted by atomic mass is 19.4. The van der Waals surface area contributed by atoms with E-state index in [1.54, 1.807) is 24.3 Å². The van der Waals surface area contributed by atoms with E-state index in [0.29, 0.717) is 16.4 Å². The summed E-state index contributed by atoms with van der Waals surface area (Å²) in [4.78, 5) is 22.1. The minimum absolute atomic E-state index is 0.100. The molecular formula is C17H11F3N4O. The Balaban J connectivity index is 1.96. The zero-order valence-electron chi connectivity index (χ0n) is 12.6. The first-order valence-corrected chi connectivity index (χ1v) is 7.32. The predicted molar refractivity (Wildman–Crippen MR) is 89.1 cm³/mol. The van der Waals surface area contributed by atoms with Crippen molar-refractivity contribution in [2.45, 2.75) is 6.18 Å². The summed E-state index contributed by atoms with van der Waals surface area (Å²) < 4.78 is 38.5. The van der Waals surface area contributed by atoms with E-state index >= 15 is 0 Å². The average molecular weight is 344 g/mol. The Morgan fingerprint density at radius 1 is 1.00 bits per heavy atom. The van der Waals surface area contributed by atoms with E-state index in [-0.39, 0.29) is 22.6 Å². The van der Waals surface area contributed by atoms with Gasteiger partial charge in [-0.3, -0.25) is 4.79 Å². The largest absolute Gasteiger partial charge is 0.416 e. The van der Waals surface area contributed by atoms with Crippen LogP contribution in [0.15, 0.2) is 47.3 Å². The van der Waals surface area contributed by atoms with E-state index in [1.807, 2.05) is 0 Å². The molecule has 126 valence electrons. The molecule has 25 heavy (non-hydrogen) atoms. The molecule has 0 saturated carbocycles. The molecule has 2 heterocycles. The molecule has 0 saturated heterocycles. The van der Waals surface area contributed by atoms with E-state index in [1.165, 1.54) is 6.07 Å². The summed E-state index contributed by atoms with van der Waals surface area (Å²) in [6.07, 6.45) is -4.46. The fourth-order valence-electron chi connectivity index (χ4n) is 2.81. The van der Waals surface area contributed by atoms with Gasteiger partial charge in [0.1, 0.15) is 11.4 Å². The van der Waals surface area contributed by atoms with Gasteiger partial charge in [-0.05, 0) is 24.3 Å². The van der Waals surface area contributed by atoms with Crippen molar-refractivity contribution in [1.82, 2.24) is 15.0 Å². The Kier molecular flexibility index (Phi) is 3.11. The predicted octanol–water partition coefficient (Wildman–Crippen LogP) is 3.67. The zero-order chi connectivity index (χ0) is 17.8. The Labute approximate surface area is 138 Å². The zero-order valence-corrected chi connectivity index (χ0v) is 12.6. The number of nitrogens with one attached hydrogen (secondary N) is 2. The lowest BCUT2D eigenvalue weighted by Crippen LogP contribution is -2.13. The number of halogens is 3. The van der Waals surface area contributed by atoms with E-state index in [2.05, 4.69) is 15.0 Å². The van der Waals surface area contributed by atoms with E-state index < -0.39 is 17.3 Å². The number of pyridine rings is 1. The monoisotopic (exact) mass is 344 g/mol. The van der Waals surface area contributed by atoms with Crippen molar-refractivity contribution in [3.63, 3.8) is 0 Å². The maximum absolute atomic E-state index is 12.8. The van der Waals surface area contributed by atoms with Gasteiger partial charge in [0.05, 0.1) is 27.8 Å². The first kappa shape index (κ1) is 15.3. The standard InChI is InChI=1S/C17H11F3N4O/c18-17(19,20)8-5-6-11-12(7-8)23-15(22-11)13-14(21)9-3-1-2-4-10(9)24-16(13)25/h1-7H,(H,22,23)(H3,21,24,25). The Morgan fingerprint density at radius 2 is 1.76 bits per heavy atom. The van der Waals surface area contributed by atoms with E-state index in [0.717, 1.165) is 12.1 Å². The lowest BCUT2D eigenvalue weighted by atomic mass is 10.1. The van der Waals surface area contributed by atoms with Gasteiger partial charge in [-0.1, -0.05) is 18.2 Å². The number of hydrogen-bond acceptors (Lipinski definition) is 3. The van der Waals surface area contributed by atoms with Crippen LogP contribution in [0.1, 0.15) is 5.56 Å². The molecule has 0 aliphatic rings. The second-order valence-corrected chi connectivity index (χ2v) is 5.60. The quantitative estimate of drug-likeness (QED) is 0.492. The van der Waals surface area contributed by atoms with Gasteiger partial charge in [-0.25, -0.2) is 4.98 Å². The molecule has 0 aliphatic carbocycles. The fraction of sp³-hybridized carbons (Fsp3) is 0.0588. The molecule has 2 aromatic heterocycles. The number of aromatic amines is 2. The van der Waals surface area contributed by atoms with Crippen LogP contribution < -0.4 is 11.3 Å². The molecule has 0 fully saturated rings. The summed E-state index contributed by atoms with van der Waals surface area (Å²) in [6.45, 7) is 0. The number of rotatable bonds is 1. The first-order chi connectivity index (χ1) is 11.8. The molecule has 4 N–H and O–H groups in total. The number of aromatic nitrogens is 3. The third kappa shape index (κ3) is 2.42. The number of nitrogens with zero attached hydrogens (tertiary/aromatic N) is 1. The summed E-state index contributed by atoms with van der Waals surface area (Å²) in [5.41, 5.74) is 6.23. The van der Waals surface area contributed by atoms with Crippen LogP contribution in [0.2, 0.25) is 0 Å². The third-order valence-corrected chi connectivity index (χ3v) is 4.01. The number of benzene rings is 2.